The van der Waals surface area contributed by atoms with Gasteiger partial charge >= 0.3 is 0 Å². The van der Waals surface area contributed by atoms with Crippen LogP contribution in [-0.4, -0.2) is 20.1 Å². The molecule has 0 rings (SSSR count). The minimum absolute atomic E-state index is 0.846. The third-order valence-corrected chi connectivity index (χ3v) is 2.04. The molecule has 0 bridgehead atoms. The molecule has 1 atom stereocenters. The summed E-state index contributed by atoms with van der Waals surface area (Å²) < 4.78 is 0. The van der Waals surface area contributed by atoms with E-state index in [1.54, 1.807) is 0 Å². The Morgan fingerprint density at radius 1 is 1.27 bits per heavy atom. The van der Waals surface area contributed by atoms with E-state index in [4.69, 9.17) is 5.73 Å². The summed E-state index contributed by atoms with van der Waals surface area (Å²) in [7, 11) is 2.01. The van der Waals surface area contributed by atoms with Gasteiger partial charge in [-0.05, 0) is 38.9 Å². The number of nitrogens with two attached hydrogens (primary N) is 1. The van der Waals surface area contributed by atoms with Gasteiger partial charge in [0.15, 0.2) is 0 Å². The van der Waals surface area contributed by atoms with E-state index in [1.165, 1.54) is 25.7 Å². The number of nitrogens with one attached hydrogen (secondary N) is 1. The third kappa shape index (κ3) is 7.82. The molecule has 0 radical (unpaired) electrons. The van der Waals surface area contributed by atoms with Gasteiger partial charge in [0.05, 0.1) is 0 Å². The molecule has 2 heteroatoms. The molecule has 68 valence electrons. The molecule has 0 aromatic rings. The minimum Gasteiger partial charge on any atom is -0.330 e. The largest absolute Gasteiger partial charge is 0.330 e. The van der Waals surface area contributed by atoms with E-state index in [9.17, 15) is 0 Å². The van der Waals surface area contributed by atoms with Crippen molar-refractivity contribution in [2.24, 2.45) is 11.7 Å². The van der Waals surface area contributed by atoms with Crippen molar-refractivity contribution >= 4 is 0 Å². The van der Waals surface area contributed by atoms with Crippen molar-refractivity contribution in [1.82, 2.24) is 5.32 Å². The van der Waals surface area contributed by atoms with E-state index in [-0.39, 0.29) is 0 Å². The molecule has 0 amide bonds. The molecule has 0 aliphatic carbocycles. The lowest BCUT2D eigenvalue weighted by Gasteiger charge is -2.09. The van der Waals surface area contributed by atoms with E-state index in [1.807, 2.05) is 7.05 Å². The van der Waals surface area contributed by atoms with E-state index in [0.29, 0.717) is 0 Å². The second-order valence-electron chi connectivity index (χ2n) is 3.28. The average molecular weight is 158 g/mol. The zero-order valence-corrected chi connectivity index (χ0v) is 7.90. The van der Waals surface area contributed by atoms with Crippen molar-refractivity contribution in [2.75, 3.05) is 20.1 Å². The van der Waals surface area contributed by atoms with Crippen LogP contribution in [-0.2, 0) is 0 Å². The Morgan fingerprint density at radius 2 is 2.00 bits per heavy atom. The normalized spacial score (nSPS) is 13.4. The first kappa shape index (κ1) is 10.9. The highest BCUT2D eigenvalue weighted by Gasteiger charge is 1.99. The SMILES string of the molecule is CNCCC(C)CCCCN. The maximum absolute atomic E-state index is 5.40. The van der Waals surface area contributed by atoms with Crippen molar-refractivity contribution in [3.63, 3.8) is 0 Å². The van der Waals surface area contributed by atoms with E-state index >= 15 is 0 Å². The van der Waals surface area contributed by atoms with E-state index < -0.39 is 0 Å². The Morgan fingerprint density at radius 3 is 2.55 bits per heavy atom. The van der Waals surface area contributed by atoms with Gasteiger partial charge in [-0.15, -0.1) is 0 Å². The van der Waals surface area contributed by atoms with Gasteiger partial charge in [0.2, 0.25) is 0 Å². The lowest BCUT2D eigenvalue weighted by molar-refractivity contribution is 0.460. The third-order valence-electron chi connectivity index (χ3n) is 2.04. The van der Waals surface area contributed by atoms with Crippen molar-refractivity contribution in [1.29, 1.82) is 0 Å². The zero-order chi connectivity index (χ0) is 8.53. The highest BCUT2D eigenvalue weighted by atomic mass is 14.8. The summed E-state index contributed by atoms with van der Waals surface area (Å²) in [5.41, 5.74) is 5.40. The smallest absolute Gasteiger partial charge is 0.00494 e. The molecule has 0 aliphatic rings. The van der Waals surface area contributed by atoms with Crippen LogP contribution in [0.3, 0.4) is 0 Å². The fourth-order valence-corrected chi connectivity index (χ4v) is 1.17. The lowest BCUT2D eigenvalue weighted by Crippen LogP contribution is -2.11. The molecule has 1 unspecified atom stereocenters. The fourth-order valence-electron chi connectivity index (χ4n) is 1.17. The summed E-state index contributed by atoms with van der Waals surface area (Å²) in [5.74, 6) is 0.856. The predicted octanol–water partition coefficient (Wildman–Crippen LogP) is 1.36. The van der Waals surface area contributed by atoms with Crippen LogP contribution in [0.1, 0.15) is 32.6 Å². The number of rotatable bonds is 7. The molecule has 0 aromatic carbocycles. The maximum atomic E-state index is 5.40. The molecule has 0 saturated carbocycles. The van der Waals surface area contributed by atoms with Crippen LogP contribution < -0.4 is 11.1 Å². The number of hydrogen-bond acceptors (Lipinski definition) is 2. The first-order chi connectivity index (χ1) is 5.31. The summed E-state index contributed by atoms with van der Waals surface area (Å²) >= 11 is 0. The summed E-state index contributed by atoms with van der Waals surface area (Å²) in [4.78, 5) is 0. The monoisotopic (exact) mass is 158 g/mol. The summed E-state index contributed by atoms with van der Waals surface area (Å²) in [6.07, 6.45) is 5.10. The molecule has 0 fully saturated rings. The van der Waals surface area contributed by atoms with Gasteiger partial charge in [-0.3, -0.25) is 0 Å². The topological polar surface area (TPSA) is 38.0 Å². The molecule has 0 spiro atoms. The molecule has 3 N–H and O–H groups in total. The van der Waals surface area contributed by atoms with Crippen LogP contribution in [0.25, 0.3) is 0 Å². The van der Waals surface area contributed by atoms with Crippen LogP contribution >= 0.6 is 0 Å². The van der Waals surface area contributed by atoms with Gasteiger partial charge in [-0.2, -0.15) is 0 Å². The average Bonchev–Trinajstić information content (AvgIpc) is 2.01. The Bertz CT molecular complexity index is 74.0. The molecule has 0 aromatic heterocycles. The molecule has 0 heterocycles. The van der Waals surface area contributed by atoms with Gasteiger partial charge in [0.25, 0.3) is 0 Å². The zero-order valence-electron chi connectivity index (χ0n) is 7.90. The summed E-state index contributed by atoms with van der Waals surface area (Å²) in [6.45, 7) is 4.30. The summed E-state index contributed by atoms with van der Waals surface area (Å²) in [5, 5.41) is 3.16. The van der Waals surface area contributed by atoms with Gasteiger partial charge < -0.3 is 11.1 Å². The molecule has 2 nitrogen and oxygen atoms in total. The van der Waals surface area contributed by atoms with Gasteiger partial charge in [0.1, 0.15) is 0 Å². The second-order valence-corrected chi connectivity index (χ2v) is 3.28. The second kappa shape index (κ2) is 8.02. The lowest BCUT2D eigenvalue weighted by atomic mass is 10.0. The van der Waals surface area contributed by atoms with E-state index in [0.717, 1.165) is 19.0 Å². The van der Waals surface area contributed by atoms with Crippen LogP contribution in [0.15, 0.2) is 0 Å². The van der Waals surface area contributed by atoms with E-state index in [2.05, 4.69) is 12.2 Å². The Kier molecular flexibility index (Phi) is 7.96. The first-order valence-corrected chi connectivity index (χ1v) is 4.66. The van der Waals surface area contributed by atoms with Crippen molar-refractivity contribution in [3.05, 3.63) is 0 Å². The quantitative estimate of drug-likeness (QED) is 0.549. The molecular weight excluding hydrogens is 136 g/mol. The standard InChI is InChI=1S/C9H22N2/c1-9(6-8-11-2)5-3-4-7-10/h9,11H,3-8,10H2,1-2H3. The Labute approximate surface area is 70.5 Å². The number of unbranched alkanes of at least 4 members (excludes halogenated alkanes) is 1. The minimum atomic E-state index is 0.846. The van der Waals surface area contributed by atoms with Crippen LogP contribution in [0.5, 0.6) is 0 Å². The highest BCUT2D eigenvalue weighted by molar-refractivity contribution is 4.55. The Balaban J connectivity index is 3.02. The van der Waals surface area contributed by atoms with Crippen molar-refractivity contribution < 1.29 is 0 Å². The highest BCUT2D eigenvalue weighted by Crippen LogP contribution is 2.10. The molecule has 0 aliphatic heterocycles. The maximum Gasteiger partial charge on any atom is -0.00494 e. The summed E-state index contributed by atoms with van der Waals surface area (Å²) in [6, 6.07) is 0. The van der Waals surface area contributed by atoms with Crippen molar-refractivity contribution in [3.8, 4) is 0 Å². The molecular formula is C9H22N2. The van der Waals surface area contributed by atoms with Crippen LogP contribution in [0.2, 0.25) is 0 Å². The fraction of sp³-hybridized carbons (Fsp3) is 1.00. The predicted molar refractivity (Wildman–Crippen MR) is 50.6 cm³/mol. The van der Waals surface area contributed by atoms with Gasteiger partial charge in [-0.1, -0.05) is 19.8 Å². The van der Waals surface area contributed by atoms with Gasteiger partial charge in [0, 0.05) is 0 Å². The first-order valence-electron chi connectivity index (χ1n) is 4.66. The Hall–Kier alpha value is -0.0800. The van der Waals surface area contributed by atoms with Gasteiger partial charge in [-0.25, -0.2) is 0 Å². The number of hydrogen-bond donors (Lipinski definition) is 2. The van der Waals surface area contributed by atoms with Crippen molar-refractivity contribution in [2.45, 2.75) is 32.6 Å². The van der Waals surface area contributed by atoms with Crippen LogP contribution in [0.4, 0.5) is 0 Å². The molecule has 11 heavy (non-hydrogen) atoms. The van der Waals surface area contributed by atoms with Crippen LogP contribution in [0, 0.1) is 5.92 Å². The molecule has 0 saturated heterocycles.